The Balaban J connectivity index is 1.45. The molecule has 0 saturated carbocycles. The van der Waals surface area contributed by atoms with E-state index in [9.17, 15) is 4.79 Å². The first-order valence-corrected chi connectivity index (χ1v) is 7.15. The molecule has 0 atom stereocenters. The number of hydrogen-bond donors (Lipinski definition) is 1. The van der Waals surface area contributed by atoms with Gasteiger partial charge in [-0.2, -0.15) is 0 Å². The molecule has 2 aromatic rings. The van der Waals surface area contributed by atoms with Crippen molar-refractivity contribution in [1.29, 1.82) is 0 Å². The van der Waals surface area contributed by atoms with Gasteiger partial charge < -0.3 is 14.6 Å². The van der Waals surface area contributed by atoms with Crippen LogP contribution in [0.2, 0.25) is 0 Å². The SMILES string of the molecule is O=C(NCC1CCN(c2cnccn2)CC1)c1ccco1. The van der Waals surface area contributed by atoms with Crippen LogP contribution >= 0.6 is 0 Å². The fourth-order valence-electron chi connectivity index (χ4n) is 2.55. The summed E-state index contributed by atoms with van der Waals surface area (Å²) in [5.41, 5.74) is 0. The van der Waals surface area contributed by atoms with Crippen LogP contribution in [0.3, 0.4) is 0 Å². The Morgan fingerprint density at radius 1 is 1.38 bits per heavy atom. The van der Waals surface area contributed by atoms with E-state index < -0.39 is 0 Å². The molecule has 3 rings (SSSR count). The average Bonchev–Trinajstić information content (AvgIpc) is 3.08. The van der Waals surface area contributed by atoms with E-state index in [-0.39, 0.29) is 5.91 Å². The second-order valence-electron chi connectivity index (χ2n) is 5.18. The van der Waals surface area contributed by atoms with Gasteiger partial charge in [-0.25, -0.2) is 4.98 Å². The lowest BCUT2D eigenvalue weighted by atomic mass is 9.97. The Morgan fingerprint density at radius 2 is 2.24 bits per heavy atom. The fourth-order valence-corrected chi connectivity index (χ4v) is 2.55. The van der Waals surface area contributed by atoms with Crippen LogP contribution in [0.25, 0.3) is 0 Å². The van der Waals surface area contributed by atoms with Crippen LogP contribution in [0.15, 0.2) is 41.4 Å². The number of furan rings is 1. The highest BCUT2D eigenvalue weighted by atomic mass is 16.3. The number of nitrogens with one attached hydrogen (secondary N) is 1. The molecule has 6 heteroatoms. The Kier molecular flexibility index (Phi) is 4.14. The van der Waals surface area contributed by atoms with Crippen LogP contribution in [0, 0.1) is 5.92 Å². The minimum absolute atomic E-state index is 0.142. The molecule has 6 nitrogen and oxygen atoms in total. The minimum atomic E-state index is -0.142. The molecule has 0 bridgehead atoms. The van der Waals surface area contributed by atoms with E-state index in [1.54, 1.807) is 30.7 Å². The number of anilines is 1. The number of amides is 1. The van der Waals surface area contributed by atoms with Gasteiger partial charge in [0.15, 0.2) is 5.76 Å². The van der Waals surface area contributed by atoms with Gasteiger partial charge >= 0.3 is 0 Å². The molecule has 0 unspecified atom stereocenters. The van der Waals surface area contributed by atoms with E-state index in [4.69, 9.17) is 4.42 Å². The summed E-state index contributed by atoms with van der Waals surface area (Å²) in [6, 6.07) is 3.39. The fraction of sp³-hybridized carbons (Fsp3) is 0.400. The third-order valence-corrected chi connectivity index (χ3v) is 3.78. The summed E-state index contributed by atoms with van der Waals surface area (Å²) in [6.45, 7) is 2.58. The number of rotatable bonds is 4. The largest absolute Gasteiger partial charge is 0.459 e. The Bertz CT molecular complexity index is 563. The zero-order valence-electron chi connectivity index (χ0n) is 11.7. The standard InChI is InChI=1S/C15H18N4O2/c20-15(13-2-1-9-21-13)18-10-12-3-7-19(8-4-12)14-11-16-5-6-17-14/h1-2,5-6,9,11-12H,3-4,7-8,10H2,(H,18,20). The summed E-state index contributed by atoms with van der Waals surface area (Å²) in [5.74, 6) is 1.65. The molecule has 3 heterocycles. The second kappa shape index (κ2) is 6.39. The van der Waals surface area contributed by atoms with E-state index >= 15 is 0 Å². The molecule has 1 saturated heterocycles. The van der Waals surface area contributed by atoms with Crippen molar-refractivity contribution < 1.29 is 9.21 Å². The van der Waals surface area contributed by atoms with Crippen molar-refractivity contribution in [2.75, 3.05) is 24.5 Å². The molecule has 21 heavy (non-hydrogen) atoms. The van der Waals surface area contributed by atoms with Crippen molar-refractivity contribution in [1.82, 2.24) is 15.3 Å². The van der Waals surface area contributed by atoms with E-state index in [2.05, 4.69) is 20.2 Å². The van der Waals surface area contributed by atoms with Crippen molar-refractivity contribution >= 4 is 11.7 Å². The number of hydrogen-bond acceptors (Lipinski definition) is 5. The maximum atomic E-state index is 11.8. The molecule has 0 aromatic carbocycles. The molecule has 110 valence electrons. The highest BCUT2D eigenvalue weighted by molar-refractivity contribution is 5.91. The first-order chi connectivity index (χ1) is 10.3. The van der Waals surface area contributed by atoms with Gasteiger partial charge in [-0.1, -0.05) is 0 Å². The van der Waals surface area contributed by atoms with Gasteiger partial charge in [-0.05, 0) is 30.9 Å². The molecule has 1 aliphatic heterocycles. The van der Waals surface area contributed by atoms with Crippen molar-refractivity contribution in [2.45, 2.75) is 12.8 Å². The van der Waals surface area contributed by atoms with E-state index in [0.29, 0.717) is 18.2 Å². The first-order valence-electron chi connectivity index (χ1n) is 7.15. The van der Waals surface area contributed by atoms with Gasteiger partial charge in [0.25, 0.3) is 5.91 Å². The lowest BCUT2D eigenvalue weighted by Gasteiger charge is -2.32. The van der Waals surface area contributed by atoms with Crippen LogP contribution in [-0.2, 0) is 0 Å². The highest BCUT2D eigenvalue weighted by Crippen LogP contribution is 2.20. The molecule has 1 fully saturated rings. The smallest absolute Gasteiger partial charge is 0.286 e. The number of nitrogens with zero attached hydrogens (tertiary/aromatic N) is 3. The zero-order chi connectivity index (χ0) is 14.5. The Hall–Kier alpha value is -2.37. The summed E-state index contributed by atoms with van der Waals surface area (Å²) in [6.07, 6.45) is 8.77. The Labute approximate surface area is 123 Å². The number of carbonyl (C=O) groups excluding carboxylic acids is 1. The predicted octanol–water partition coefficient (Wildman–Crippen LogP) is 1.72. The molecule has 1 amide bonds. The van der Waals surface area contributed by atoms with Gasteiger partial charge in [0.1, 0.15) is 5.82 Å². The van der Waals surface area contributed by atoms with Crippen LogP contribution in [-0.4, -0.2) is 35.5 Å². The maximum Gasteiger partial charge on any atom is 0.286 e. The van der Waals surface area contributed by atoms with Crippen molar-refractivity contribution in [3.63, 3.8) is 0 Å². The monoisotopic (exact) mass is 286 g/mol. The number of piperidine rings is 1. The molecule has 1 aliphatic rings. The number of carbonyl (C=O) groups is 1. The minimum Gasteiger partial charge on any atom is -0.459 e. The summed E-state index contributed by atoms with van der Waals surface area (Å²) in [4.78, 5) is 22.4. The topological polar surface area (TPSA) is 71.3 Å². The lowest BCUT2D eigenvalue weighted by Crippen LogP contribution is -2.39. The van der Waals surface area contributed by atoms with Crippen LogP contribution in [0.4, 0.5) is 5.82 Å². The zero-order valence-corrected chi connectivity index (χ0v) is 11.7. The van der Waals surface area contributed by atoms with E-state index in [1.807, 2.05) is 0 Å². The summed E-state index contributed by atoms with van der Waals surface area (Å²) in [7, 11) is 0. The quantitative estimate of drug-likeness (QED) is 0.926. The summed E-state index contributed by atoms with van der Waals surface area (Å²) in [5, 5.41) is 2.93. The predicted molar refractivity (Wildman–Crippen MR) is 78.0 cm³/mol. The van der Waals surface area contributed by atoms with Gasteiger partial charge in [-0.15, -0.1) is 0 Å². The second-order valence-corrected chi connectivity index (χ2v) is 5.18. The normalized spacial score (nSPS) is 15.9. The number of aromatic nitrogens is 2. The third kappa shape index (κ3) is 3.39. The Morgan fingerprint density at radius 3 is 2.90 bits per heavy atom. The lowest BCUT2D eigenvalue weighted by molar-refractivity contribution is 0.0917. The molecule has 2 aromatic heterocycles. The van der Waals surface area contributed by atoms with Gasteiger partial charge in [-0.3, -0.25) is 9.78 Å². The highest BCUT2D eigenvalue weighted by Gasteiger charge is 2.21. The molecular formula is C15H18N4O2. The summed E-state index contributed by atoms with van der Waals surface area (Å²) < 4.78 is 5.07. The van der Waals surface area contributed by atoms with Crippen LogP contribution in [0.5, 0.6) is 0 Å². The van der Waals surface area contributed by atoms with Crippen molar-refractivity contribution in [3.8, 4) is 0 Å². The van der Waals surface area contributed by atoms with Crippen LogP contribution < -0.4 is 10.2 Å². The molecule has 0 aliphatic carbocycles. The first kappa shape index (κ1) is 13.6. The van der Waals surface area contributed by atoms with Crippen molar-refractivity contribution in [3.05, 3.63) is 42.7 Å². The average molecular weight is 286 g/mol. The van der Waals surface area contributed by atoms with E-state index in [0.717, 1.165) is 31.7 Å². The third-order valence-electron chi connectivity index (χ3n) is 3.78. The van der Waals surface area contributed by atoms with Crippen molar-refractivity contribution in [2.24, 2.45) is 5.92 Å². The van der Waals surface area contributed by atoms with Gasteiger partial charge in [0, 0.05) is 32.0 Å². The summed E-state index contributed by atoms with van der Waals surface area (Å²) >= 11 is 0. The van der Waals surface area contributed by atoms with Gasteiger partial charge in [0.2, 0.25) is 0 Å². The molecule has 1 N–H and O–H groups in total. The van der Waals surface area contributed by atoms with E-state index in [1.165, 1.54) is 6.26 Å². The van der Waals surface area contributed by atoms with Crippen LogP contribution in [0.1, 0.15) is 23.4 Å². The molecule has 0 spiro atoms. The van der Waals surface area contributed by atoms with Gasteiger partial charge in [0.05, 0.1) is 12.5 Å². The molecule has 0 radical (unpaired) electrons. The molecular weight excluding hydrogens is 268 g/mol. The maximum absolute atomic E-state index is 11.8.